The molecule has 166 valence electrons. The minimum absolute atomic E-state index is 0.203. The Morgan fingerprint density at radius 3 is 2.61 bits per heavy atom. The predicted molar refractivity (Wildman–Crippen MR) is 132 cm³/mol. The van der Waals surface area contributed by atoms with Gasteiger partial charge in [-0.25, -0.2) is 14.3 Å². The zero-order valence-electron chi connectivity index (χ0n) is 19.0. The van der Waals surface area contributed by atoms with E-state index >= 15 is 0 Å². The predicted octanol–water partition coefficient (Wildman–Crippen LogP) is 5.54. The van der Waals surface area contributed by atoms with Gasteiger partial charge in [0.1, 0.15) is 0 Å². The molecule has 0 fully saturated rings. The lowest BCUT2D eigenvalue weighted by molar-refractivity contribution is 0.102. The van der Waals surface area contributed by atoms with E-state index in [9.17, 15) is 4.79 Å². The highest BCUT2D eigenvalue weighted by atomic mass is 32.1. The molecule has 5 aromatic rings. The third kappa shape index (κ3) is 3.72. The van der Waals surface area contributed by atoms with Gasteiger partial charge < -0.3 is 5.32 Å². The molecular weight excluding hydrogens is 432 g/mol. The van der Waals surface area contributed by atoms with Crippen LogP contribution in [0.15, 0.2) is 54.0 Å². The second-order valence-electron chi connectivity index (χ2n) is 7.98. The minimum atomic E-state index is -0.203. The van der Waals surface area contributed by atoms with Crippen LogP contribution in [0.2, 0.25) is 0 Å². The number of nitrogens with zero attached hydrogens (tertiary/aromatic N) is 5. The topological polar surface area (TPSA) is 77.6 Å². The summed E-state index contributed by atoms with van der Waals surface area (Å²) in [4.78, 5) is 19.3. The number of aryl methyl sites for hydroxylation is 3. The maximum atomic E-state index is 13.5. The summed E-state index contributed by atoms with van der Waals surface area (Å²) in [5, 5.41) is 14.9. The van der Waals surface area contributed by atoms with Gasteiger partial charge in [0.05, 0.1) is 50.5 Å². The van der Waals surface area contributed by atoms with E-state index < -0.39 is 0 Å². The van der Waals surface area contributed by atoms with Crippen molar-refractivity contribution in [2.75, 3.05) is 5.32 Å². The molecule has 0 aliphatic rings. The van der Waals surface area contributed by atoms with Crippen LogP contribution in [0.25, 0.3) is 27.3 Å². The Labute approximate surface area is 195 Å². The van der Waals surface area contributed by atoms with Crippen molar-refractivity contribution in [3.05, 3.63) is 76.6 Å². The Morgan fingerprint density at radius 2 is 1.91 bits per heavy atom. The van der Waals surface area contributed by atoms with Crippen LogP contribution in [0.1, 0.15) is 34.2 Å². The molecule has 0 atom stereocenters. The van der Waals surface area contributed by atoms with Crippen LogP contribution in [0, 0.1) is 20.8 Å². The molecule has 0 bridgehead atoms. The Kier molecular flexibility index (Phi) is 5.30. The van der Waals surface area contributed by atoms with E-state index in [1.54, 1.807) is 17.5 Å². The Bertz CT molecular complexity index is 1460. The highest BCUT2D eigenvalue weighted by molar-refractivity contribution is 7.13. The number of thiophene rings is 1. The molecule has 0 aliphatic carbocycles. The van der Waals surface area contributed by atoms with Crippen molar-refractivity contribution < 1.29 is 4.79 Å². The fourth-order valence-electron chi connectivity index (χ4n) is 3.96. The molecule has 0 spiro atoms. The van der Waals surface area contributed by atoms with Crippen LogP contribution < -0.4 is 5.32 Å². The van der Waals surface area contributed by atoms with Crippen LogP contribution in [0.3, 0.4) is 0 Å². The zero-order valence-corrected chi connectivity index (χ0v) is 19.8. The summed E-state index contributed by atoms with van der Waals surface area (Å²) in [7, 11) is 0. The molecule has 1 amide bonds. The first kappa shape index (κ1) is 21.1. The van der Waals surface area contributed by atoms with Gasteiger partial charge in [-0.1, -0.05) is 23.8 Å². The summed E-state index contributed by atoms with van der Waals surface area (Å²) >= 11 is 1.59. The fourth-order valence-corrected chi connectivity index (χ4v) is 4.65. The van der Waals surface area contributed by atoms with Gasteiger partial charge in [0.2, 0.25) is 0 Å². The summed E-state index contributed by atoms with van der Waals surface area (Å²) in [5.74, 6) is -0.203. The van der Waals surface area contributed by atoms with Crippen molar-refractivity contribution in [3.63, 3.8) is 0 Å². The highest BCUT2D eigenvalue weighted by Gasteiger charge is 2.21. The van der Waals surface area contributed by atoms with Crippen LogP contribution in [-0.2, 0) is 6.54 Å². The minimum Gasteiger partial charge on any atom is -0.319 e. The zero-order chi connectivity index (χ0) is 23.1. The van der Waals surface area contributed by atoms with E-state index in [-0.39, 0.29) is 5.91 Å². The summed E-state index contributed by atoms with van der Waals surface area (Å²) in [6.07, 6.45) is 1.72. The van der Waals surface area contributed by atoms with E-state index in [2.05, 4.69) is 34.6 Å². The number of anilines is 1. The molecule has 0 aliphatic heterocycles. The molecule has 7 nitrogen and oxygen atoms in total. The van der Waals surface area contributed by atoms with Crippen LogP contribution in [-0.4, -0.2) is 30.5 Å². The van der Waals surface area contributed by atoms with Gasteiger partial charge in [0, 0.05) is 6.54 Å². The lowest BCUT2D eigenvalue weighted by Gasteiger charge is -2.10. The Balaban J connectivity index is 1.56. The standard InChI is InChI=1S/C25H24N6OS/c1-5-30-24-20(14-26-30)19(13-21(27-24)22-7-6-12-33-22)25(32)28-23-16(3)29-31(17(23)4)18-10-8-15(2)9-11-18/h6-14H,5H2,1-4H3,(H,28,32). The number of hydrogen-bond donors (Lipinski definition) is 1. The molecule has 33 heavy (non-hydrogen) atoms. The van der Waals surface area contributed by atoms with Gasteiger partial charge in [0.25, 0.3) is 5.91 Å². The number of carbonyl (C=O) groups is 1. The van der Waals surface area contributed by atoms with Crippen molar-refractivity contribution in [3.8, 4) is 16.3 Å². The third-order valence-corrected chi connectivity index (χ3v) is 6.63. The lowest BCUT2D eigenvalue weighted by Crippen LogP contribution is -2.14. The number of rotatable bonds is 5. The maximum Gasteiger partial charge on any atom is 0.256 e. The summed E-state index contributed by atoms with van der Waals surface area (Å²) < 4.78 is 3.67. The van der Waals surface area contributed by atoms with Gasteiger partial charge >= 0.3 is 0 Å². The lowest BCUT2D eigenvalue weighted by atomic mass is 10.1. The van der Waals surface area contributed by atoms with E-state index in [1.165, 1.54) is 5.56 Å². The number of benzene rings is 1. The molecule has 8 heteroatoms. The first-order valence-electron chi connectivity index (χ1n) is 10.8. The number of fused-ring (bicyclic) bond motifs is 1. The van der Waals surface area contributed by atoms with Gasteiger partial charge in [-0.15, -0.1) is 11.3 Å². The quantitative estimate of drug-likeness (QED) is 0.376. The number of aromatic nitrogens is 5. The van der Waals surface area contributed by atoms with E-state index in [0.717, 1.165) is 33.0 Å². The normalized spacial score (nSPS) is 11.3. The Hall–Kier alpha value is -3.78. The summed E-state index contributed by atoms with van der Waals surface area (Å²) in [6.45, 7) is 8.60. The number of amides is 1. The van der Waals surface area contributed by atoms with Crippen LogP contribution >= 0.6 is 11.3 Å². The van der Waals surface area contributed by atoms with Crippen molar-refractivity contribution >= 4 is 34.0 Å². The summed E-state index contributed by atoms with van der Waals surface area (Å²) in [5.41, 5.74) is 6.50. The van der Waals surface area contributed by atoms with Crippen LogP contribution in [0.4, 0.5) is 5.69 Å². The second kappa shape index (κ2) is 8.29. The number of carbonyl (C=O) groups excluding carboxylic acids is 1. The van der Waals surface area contributed by atoms with Gasteiger partial charge in [-0.3, -0.25) is 4.79 Å². The molecule has 1 aromatic carbocycles. The molecule has 0 saturated carbocycles. The smallest absolute Gasteiger partial charge is 0.256 e. The largest absolute Gasteiger partial charge is 0.319 e. The second-order valence-corrected chi connectivity index (χ2v) is 8.92. The molecule has 4 aromatic heterocycles. The molecule has 0 radical (unpaired) electrons. The van der Waals surface area contributed by atoms with E-state index in [0.29, 0.717) is 23.4 Å². The first-order valence-corrected chi connectivity index (χ1v) is 11.7. The highest BCUT2D eigenvalue weighted by Crippen LogP contribution is 2.29. The number of nitrogens with one attached hydrogen (secondary N) is 1. The Morgan fingerprint density at radius 1 is 1.12 bits per heavy atom. The van der Waals surface area contributed by atoms with Gasteiger partial charge in [-0.2, -0.15) is 10.2 Å². The SMILES string of the molecule is CCn1ncc2c(C(=O)Nc3c(C)nn(-c4ccc(C)cc4)c3C)cc(-c3cccs3)nc21. The van der Waals surface area contributed by atoms with E-state index in [1.807, 2.05) is 65.8 Å². The maximum absolute atomic E-state index is 13.5. The van der Waals surface area contributed by atoms with Crippen molar-refractivity contribution in [1.29, 1.82) is 0 Å². The molecule has 4 heterocycles. The molecular formula is C25H24N6OS. The monoisotopic (exact) mass is 456 g/mol. The molecule has 5 rings (SSSR count). The molecule has 0 saturated heterocycles. The van der Waals surface area contributed by atoms with Crippen molar-refractivity contribution in [2.45, 2.75) is 34.2 Å². The van der Waals surface area contributed by atoms with Crippen LogP contribution in [0.5, 0.6) is 0 Å². The van der Waals surface area contributed by atoms with E-state index in [4.69, 9.17) is 4.98 Å². The average molecular weight is 457 g/mol. The number of pyridine rings is 1. The van der Waals surface area contributed by atoms with Crippen molar-refractivity contribution in [1.82, 2.24) is 24.5 Å². The average Bonchev–Trinajstić information content (AvgIpc) is 3.55. The molecule has 1 N–H and O–H groups in total. The third-order valence-electron chi connectivity index (χ3n) is 5.74. The van der Waals surface area contributed by atoms with Gasteiger partial charge in [-0.05, 0) is 57.3 Å². The fraction of sp³-hybridized carbons (Fsp3) is 0.200. The first-order chi connectivity index (χ1) is 16.0. The van der Waals surface area contributed by atoms with Crippen molar-refractivity contribution in [2.24, 2.45) is 0 Å². The van der Waals surface area contributed by atoms with Gasteiger partial charge in [0.15, 0.2) is 5.65 Å². The summed E-state index contributed by atoms with van der Waals surface area (Å²) in [6, 6.07) is 14.0. The number of hydrogen-bond acceptors (Lipinski definition) is 5. The molecule has 0 unspecified atom stereocenters.